The van der Waals surface area contributed by atoms with Crippen molar-refractivity contribution in [1.82, 2.24) is 10.3 Å². The van der Waals surface area contributed by atoms with Crippen molar-refractivity contribution in [2.24, 2.45) is 5.92 Å². The Hall–Kier alpha value is -4.18. The van der Waals surface area contributed by atoms with E-state index in [1.54, 1.807) is 13.3 Å². The highest BCUT2D eigenvalue weighted by Crippen LogP contribution is 2.32. The lowest BCUT2D eigenvalue weighted by Gasteiger charge is -2.29. The van der Waals surface area contributed by atoms with Gasteiger partial charge in [-0.1, -0.05) is 6.07 Å². The van der Waals surface area contributed by atoms with Gasteiger partial charge in [0.15, 0.2) is 17.3 Å². The van der Waals surface area contributed by atoms with E-state index < -0.39 is 11.9 Å². The van der Waals surface area contributed by atoms with Gasteiger partial charge in [0, 0.05) is 36.2 Å². The first-order valence-electron chi connectivity index (χ1n) is 12.9. The molecule has 0 saturated heterocycles. The fourth-order valence-electron chi connectivity index (χ4n) is 4.90. The van der Waals surface area contributed by atoms with E-state index >= 15 is 0 Å². The third kappa shape index (κ3) is 7.44. The third-order valence-electron chi connectivity index (χ3n) is 6.95. The summed E-state index contributed by atoms with van der Waals surface area (Å²) in [4.78, 5) is 35.7. The molecular formula is C29H32N2O8. The van der Waals surface area contributed by atoms with Crippen LogP contribution in [0.15, 0.2) is 48.7 Å². The van der Waals surface area contributed by atoms with Gasteiger partial charge < -0.3 is 29.7 Å². The second-order valence-corrected chi connectivity index (χ2v) is 9.56. The minimum absolute atomic E-state index is 0.198. The maximum atomic E-state index is 13.1. The second kappa shape index (κ2) is 13.1. The smallest absolute Gasteiger partial charge is 0.414 e. The molecule has 1 aliphatic carbocycles. The fourth-order valence-corrected chi connectivity index (χ4v) is 4.90. The van der Waals surface area contributed by atoms with E-state index in [1.807, 2.05) is 30.3 Å². The predicted molar refractivity (Wildman–Crippen MR) is 143 cm³/mol. The zero-order valence-corrected chi connectivity index (χ0v) is 21.7. The molecule has 1 fully saturated rings. The number of carboxylic acid groups (broad SMARTS) is 2. The number of ether oxygens (including phenoxy) is 3. The lowest BCUT2D eigenvalue weighted by molar-refractivity contribution is -0.159. The number of fused-ring (bicyclic) bond motifs is 2. The Morgan fingerprint density at radius 2 is 1.67 bits per heavy atom. The zero-order chi connectivity index (χ0) is 27.8. The number of ketones is 1. The number of methoxy groups -OCH3 is 1. The maximum Gasteiger partial charge on any atom is 0.414 e. The van der Waals surface area contributed by atoms with E-state index in [1.165, 1.54) is 5.56 Å². The highest BCUT2D eigenvalue weighted by atomic mass is 16.6. The molecule has 2 aliphatic rings. The second-order valence-electron chi connectivity index (χ2n) is 9.56. The molecule has 1 aliphatic heterocycles. The molecular weight excluding hydrogens is 504 g/mol. The number of benzene rings is 2. The van der Waals surface area contributed by atoms with Gasteiger partial charge in [0.2, 0.25) is 0 Å². The minimum Gasteiger partial charge on any atom is -0.497 e. The van der Waals surface area contributed by atoms with Crippen LogP contribution < -0.4 is 19.5 Å². The number of rotatable bonds is 7. The Balaban J connectivity index is 0.000000531. The number of aromatic nitrogens is 1. The molecule has 3 aromatic rings. The number of carbonyl (C=O) groups excluding carboxylic acids is 1. The first-order valence-corrected chi connectivity index (χ1v) is 12.9. The van der Waals surface area contributed by atoms with Crippen LogP contribution in [0.3, 0.4) is 0 Å². The largest absolute Gasteiger partial charge is 0.497 e. The van der Waals surface area contributed by atoms with Crippen molar-refractivity contribution in [2.45, 2.75) is 44.7 Å². The van der Waals surface area contributed by atoms with Gasteiger partial charge in [0.25, 0.3) is 0 Å². The molecule has 0 bridgehead atoms. The number of Topliss-reactive ketones (excluding diaryl/α,β-unsaturated/α-hetero) is 1. The summed E-state index contributed by atoms with van der Waals surface area (Å²) >= 11 is 0. The summed E-state index contributed by atoms with van der Waals surface area (Å²) in [5, 5.41) is 19.3. The summed E-state index contributed by atoms with van der Waals surface area (Å²) in [5.41, 5.74) is 2.78. The van der Waals surface area contributed by atoms with E-state index in [-0.39, 0.29) is 5.78 Å². The maximum absolute atomic E-state index is 13.1. The summed E-state index contributed by atoms with van der Waals surface area (Å²) in [5.74, 6) is -0.610. The molecule has 10 heteroatoms. The fraction of sp³-hybridized carbons (Fsp3) is 0.379. The van der Waals surface area contributed by atoms with Gasteiger partial charge in [0.1, 0.15) is 19.0 Å². The summed E-state index contributed by atoms with van der Waals surface area (Å²) in [6, 6.07) is 14.2. The minimum atomic E-state index is -1.82. The van der Waals surface area contributed by atoms with Gasteiger partial charge in [-0.15, -0.1) is 0 Å². The Kier molecular flexibility index (Phi) is 9.32. The first kappa shape index (κ1) is 27.8. The Morgan fingerprint density at radius 1 is 0.949 bits per heavy atom. The van der Waals surface area contributed by atoms with E-state index in [0.29, 0.717) is 31.6 Å². The summed E-state index contributed by atoms with van der Waals surface area (Å²) in [6.07, 6.45) is 6.63. The van der Waals surface area contributed by atoms with Gasteiger partial charge in [0.05, 0.1) is 12.6 Å². The topological polar surface area (TPSA) is 144 Å². The number of hydrogen-bond donors (Lipinski definition) is 3. The van der Waals surface area contributed by atoms with E-state index in [2.05, 4.69) is 22.4 Å². The highest BCUT2D eigenvalue weighted by Gasteiger charge is 2.24. The van der Waals surface area contributed by atoms with Gasteiger partial charge in [-0.05, 0) is 73.6 Å². The van der Waals surface area contributed by atoms with E-state index in [0.717, 1.165) is 65.9 Å². The molecule has 206 valence electrons. The van der Waals surface area contributed by atoms with Crippen LogP contribution in [0.5, 0.6) is 17.2 Å². The van der Waals surface area contributed by atoms with Crippen molar-refractivity contribution in [1.29, 1.82) is 0 Å². The number of nitrogens with zero attached hydrogens (tertiary/aromatic N) is 1. The molecule has 0 unspecified atom stereocenters. The van der Waals surface area contributed by atoms with Crippen LogP contribution >= 0.6 is 0 Å². The average molecular weight is 537 g/mol. The van der Waals surface area contributed by atoms with Crippen LogP contribution in [0.1, 0.15) is 48.0 Å². The summed E-state index contributed by atoms with van der Waals surface area (Å²) < 4.78 is 16.6. The molecule has 0 amide bonds. The van der Waals surface area contributed by atoms with Crippen molar-refractivity contribution < 1.29 is 38.8 Å². The van der Waals surface area contributed by atoms with Gasteiger partial charge in [-0.2, -0.15) is 0 Å². The molecule has 2 aromatic carbocycles. The van der Waals surface area contributed by atoms with Crippen molar-refractivity contribution in [3.05, 3.63) is 59.8 Å². The lowest BCUT2D eigenvalue weighted by Crippen LogP contribution is -2.33. The number of hydrogen-bond acceptors (Lipinski definition) is 8. The molecule has 39 heavy (non-hydrogen) atoms. The summed E-state index contributed by atoms with van der Waals surface area (Å²) in [7, 11) is 1.64. The third-order valence-corrected chi connectivity index (χ3v) is 6.95. The quantitative estimate of drug-likeness (QED) is 0.298. The Labute approximate surface area is 225 Å². The first-order chi connectivity index (χ1) is 18.8. The van der Waals surface area contributed by atoms with Crippen LogP contribution in [-0.4, -0.2) is 59.3 Å². The average Bonchev–Trinajstić information content (AvgIpc) is 2.96. The van der Waals surface area contributed by atoms with Crippen LogP contribution in [0.2, 0.25) is 0 Å². The Bertz CT molecular complexity index is 1320. The molecule has 0 spiro atoms. The number of carbonyl (C=O) groups is 3. The van der Waals surface area contributed by atoms with Crippen molar-refractivity contribution in [2.75, 3.05) is 20.3 Å². The predicted octanol–water partition coefficient (Wildman–Crippen LogP) is 4.09. The standard InChI is InChI=1S/C27H30N2O4.C2H2O4/c1-31-21-7-8-24-23(16-21)22(10-11-28-24)25(30)14-18-2-5-20(6-3-18)29-17-19-4-9-26-27(15-19)33-13-12-32-26;3-1(4)2(5)6/h4,7-11,15-16,18,20,29H,2-3,5-6,12-14,17H2,1H3;(H,3,4)(H,5,6)/t18-,20-;. The van der Waals surface area contributed by atoms with Crippen molar-refractivity contribution in [3.63, 3.8) is 0 Å². The van der Waals surface area contributed by atoms with Crippen LogP contribution in [0.25, 0.3) is 10.9 Å². The zero-order valence-electron chi connectivity index (χ0n) is 21.7. The highest BCUT2D eigenvalue weighted by molar-refractivity contribution is 6.27. The molecule has 0 radical (unpaired) electrons. The molecule has 10 nitrogen and oxygen atoms in total. The molecule has 3 N–H and O–H groups in total. The van der Waals surface area contributed by atoms with E-state index in [4.69, 9.17) is 34.0 Å². The number of nitrogens with one attached hydrogen (secondary N) is 1. The van der Waals surface area contributed by atoms with Crippen LogP contribution in [0.4, 0.5) is 0 Å². The molecule has 5 rings (SSSR count). The Morgan fingerprint density at radius 3 is 2.36 bits per heavy atom. The van der Waals surface area contributed by atoms with E-state index in [9.17, 15) is 4.79 Å². The monoisotopic (exact) mass is 536 g/mol. The van der Waals surface area contributed by atoms with Crippen molar-refractivity contribution in [3.8, 4) is 17.2 Å². The van der Waals surface area contributed by atoms with Gasteiger partial charge in [-0.3, -0.25) is 9.78 Å². The van der Waals surface area contributed by atoms with Crippen LogP contribution in [0, 0.1) is 5.92 Å². The molecule has 0 atom stereocenters. The molecule has 1 aromatic heterocycles. The van der Waals surface area contributed by atoms with Crippen LogP contribution in [-0.2, 0) is 16.1 Å². The molecule has 2 heterocycles. The number of carboxylic acids is 2. The van der Waals surface area contributed by atoms with Gasteiger partial charge >= 0.3 is 11.9 Å². The molecule has 1 saturated carbocycles. The van der Waals surface area contributed by atoms with Crippen molar-refractivity contribution >= 4 is 28.6 Å². The number of pyridine rings is 1. The number of aliphatic carboxylic acids is 2. The summed E-state index contributed by atoms with van der Waals surface area (Å²) in [6.45, 7) is 2.03. The normalized spacial score (nSPS) is 18.0. The SMILES string of the molecule is COc1ccc2nccc(C(=O)C[C@H]3CC[C@H](NCc4ccc5c(c4)OCCO5)CC3)c2c1.O=C(O)C(=O)O. The van der Waals surface area contributed by atoms with Gasteiger partial charge in [-0.25, -0.2) is 9.59 Å². The lowest BCUT2D eigenvalue weighted by atomic mass is 9.82.